The van der Waals surface area contributed by atoms with Crippen LogP contribution in [0.2, 0.25) is 0 Å². The summed E-state index contributed by atoms with van der Waals surface area (Å²) in [5.41, 5.74) is 1.41. The van der Waals surface area contributed by atoms with Crippen molar-refractivity contribution in [3.63, 3.8) is 0 Å². The van der Waals surface area contributed by atoms with Crippen LogP contribution in [0.25, 0.3) is 11.4 Å². The minimum atomic E-state index is -0.430. The maximum Gasteiger partial charge on any atom is 0.248 e. The SMILES string of the molecule is Cc1nc(-c2cccc(NC(=O)[C@H]3CS[C@@]4(C)CCC(=O)N34)c2)no1. The first kappa shape index (κ1) is 16.1. The van der Waals surface area contributed by atoms with Crippen molar-refractivity contribution in [3.8, 4) is 11.4 Å². The van der Waals surface area contributed by atoms with Crippen molar-refractivity contribution < 1.29 is 14.1 Å². The van der Waals surface area contributed by atoms with Gasteiger partial charge in [-0.2, -0.15) is 4.98 Å². The Bertz CT molecular complexity index is 852. The van der Waals surface area contributed by atoms with Crippen LogP contribution in [0.4, 0.5) is 5.69 Å². The van der Waals surface area contributed by atoms with Crippen molar-refractivity contribution in [2.75, 3.05) is 11.1 Å². The summed E-state index contributed by atoms with van der Waals surface area (Å²) in [6.45, 7) is 3.76. The molecular formula is C17H18N4O3S. The molecule has 1 aromatic heterocycles. The highest BCUT2D eigenvalue weighted by Crippen LogP contribution is 2.47. The van der Waals surface area contributed by atoms with E-state index in [1.807, 2.05) is 19.1 Å². The molecule has 3 heterocycles. The molecule has 4 rings (SSSR count). The van der Waals surface area contributed by atoms with E-state index >= 15 is 0 Å². The van der Waals surface area contributed by atoms with E-state index in [0.29, 0.717) is 29.6 Å². The topological polar surface area (TPSA) is 88.3 Å². The molecule has 8 heteroatoms. The highest BCUT2D eigenvalue weighted by atomic mass is 32.2. The Balaban J connectivity index is 1.53. The number of amides is 2. The van der Waals surface area contributed by atoms with Crippen molar-refractivity contribution in [1.29, 1.82) is 0 Å². The summed E-state index contributed by atoms with van der Waals surface area (Å²) in [6, 6.07) is 6.86. The minimum absolute atomic E-state index is 0.0590. The smallest absolute Gasteiger partial charge is 0.248 e. The van der Waals surface area contributed by atoms with Crippen LogP contribution in [0, 0.1) is 6.92 Å². The number of benzene rings is 1. The second kappa shape index (κ2) is 5.87. The van der Waals surface area contributed by atoms with E-state index in [2.05, 4.69) is 15.5 Å². The van der Waals surface area contributed by atoms with Crippen LogP contribution in [0.5, 0.6) is 0 Å². The lowest BCUT2D eigenvalue weighted by molar-refractivity contribution is -0.135. The maximum atomic E-state index is 12.7. The van der Waals surface area contributed by atoms with Gasteiger partial charge in [0.05, 0.1) is 4.87 Å². The van der Waals surface area contributed by atoms with Gasteiger partial charge >= 0.3 is 0 Å². The molecule has 2 aliphatic heterocycles. The zero-order valence-electron chi connectivity index (χ0n) is 14.0. The van der Waals surface area contributed by atoms with E-state index in [1.165, 1.54) is 0 Å². The van der Waals surface area contributed by atoms with Crippen LogP contribution >= 0.6 is 11.8 Å². The molecule has 1 N–H and O–H groups in total. The van der Waals surface area contributed by atoms with Gasteiger partial charge in [-0.15, -0.1) is 11.8 Å². The van der Waals surface area contributed by atoms with Crippen LogP contribution in [0.3, 0.4) is 0 Å². The minimum Gasteiger partial charge on any atom is -0.339 e. The lowest BCUT2D eigenvalue weighted by atomic mass is 10.1. The second-order valence-electron chi connectivity index (χ2n) is 6.47. The Morgan fingerprint density at radius 2 is 2.32 bits per heavy atom. The summed E-state index contributed by atoms with van der Waals surface area (Å²) in [7, 11) is 0. The zero-order valence-corrected chi connectivity index (χ0v) is 14.8. The highest BCUT2D eigenvalue weighted by Gasteiger charge is 2.52. The number of hydrogen-bond acceptors (Lipinski definition) is 6. The lowest BCUT2D eigenvalue weighted by Crippen LogP contribution is -2.48. The zero-order chi connectivity index (χ0) is 17.6. The monoisotopic (exact) mass is 358 g/mol. The number of thioether (sulfide) groups is 1. The van der Waals surface area contributed by atoms with Crippen molar-refractivity contribution in [2.24, 2.45) is 0 Å². The van der Waals surface area contributed by atoms with Gasteiger partial charge in [-0.25, -0.2) is 0 Å². The number of carbonyl (C=O) groups is 2. The van der Waals surface area contributed by atoms with Gasteiger partial charge in [0.2, 0.25) is 23.5 Å². The van der Waals surface area contributed by atoms with Gasteiger partial charge in [-0.05, 0) is 25.5 Å². The number of aryl methyl sites for hydroxylation is 1. The maximum absolute atomic E-state index is 12.7. The molecule has 2 aliphatic rings. The molecule has 0 saturated carbocycles. The quantitative estimate of drug-likeness (QED) is 0.907. The Labute approximate surface area is 149 Å². The van der Waals surface area contributed by atoms with Crippen molar-refractivity contribution in [3.05, 3.63) is 30.2 Å². The molecule has 7 nitrogen and oxygen atoms in total. The third-order valence-corrected chi connectivity index (χ3v) is 6.17. The average molecular weight is 358 g/mol. The molecule has 0 spiro atoms. The van der Waals surface area contributed by atoms with Crippen LogP contribution in [0.1, 0.15) is 25.7 Å². The van der Waals surface area contributed by atoms with Crippen LogP contribution in [0.15, 0.2) is 28.8 Å². The number of hydrogen-bond donors (Lipinski definition) is 1. The molecule has 0 unspecified atom stereocenters. The van der Waals surface area contributed by atoms with Gasteiger partial charge in [0.15, 0.2) is 0 Å². The average Bonchev–Trinajstić information content (AvgIpc) is 3.24. The molecule has 1 aromatic carbocycles. The van der Waals surface area contributed by atoms with Gasteiger partial charge in [0.1, 0.15) is 6.04 Å². The van der Waals surface area contributed by atoms with E-state index in [1.54, 1.807) is 35.7 Å². The van der Waals surface area contributed by atoms with E-state index in [9.17, 15) is 9.59 Å². The molecule has 25 heavy (non-hydrogen) atoms. The van der Waals surface area contributed by atoms with Crippen LogP contribution in [-0.2, 0) is 9.59 Å². The van der Waals surface area contributed by atoms with Gasteiger partial charge in [0.25, 0.3) is 0 Å². The van der Waals surface area contributed by atoms with Gasteiger partial charge in [0, 0.05) is 30.3 Å². The van der Waals surface area contributed by atoms with Crippen molar-refractivity contribution >= 4 is 29.3 Å². The summed E-state index contributed by atoms with van der Waals surface area (Å²) in [5.74, 6) is 1.49. The van der Waals surface area contributed by atoms with Crippen molar-refractivity contribution in [1.82, 2.24) is 15.0 Å². The highest BCUT2D eigenvalue weighted by molar-refractivity contribution is 8.01. The molecule has 0 radical (unpaired) electrons. The molecule has 0 aliphatic carbocycles. The number of nitrogens with zero attached hydrogens (tertiary/aromatic N) is 3. The molecule has 2 atom stereocenters. The third kappa shape index (κ3) is 2.80. The molecule has 2 amide bonds. The number of anilines is 1. The molecular weight excluding hydrogens is 340 g/mol. The molecule has 2 aromatic rings. The van der Waals surface area contributed by atoms with Gasteiger partial charge < -0.3 is 14.7 Å². The summed E-state index contributed by atoms with van der Waals surface area (Å²) < 4.78 is 5.00. The van der Waals surface area contributed by atoms with E-state index < -0.39 is 6.04 Å². The summed E-state index contributed by atoms with van der Waals surface area (Å²) in [6.07, 6.45) is 1.31. The Hall–Kier alpha value is -2.35. The van der Waals surface area contributed by atoms with E-state index in [4.69, 9.17) is 4.52 Å². The number of carbonyl (C=O) groups excluding carboxylic acids is 2. The number of nitrogens with one attached hydrogen (secondary N) is 1. The predicted octanol–water partition coefficient (Wildman–Crippen LogP) is 2.44. The fraction of sp³-hybridized carbons (Fsp3) is 0.412. The van der Waals surface area contributed by atoms with Crippen LogP contribution < -0.4 is 5.32 Å². The molecule has 0 bridgehead atoms. The third-order valence-electron chi connectivity index (χ3n) is 4.66. The number of rotatable bonds is 3. The van der Waals surface area contributed by atoms with E-state index in [-0.39, 0.29) is 16.7 Å². The fourth-order valence-corrected chi connectivity index (χ4v) is 4.82. The largest absolute Gasteiger partial charge is 0.339 e. The van der Waals surface area contributed by atoms with Gasteiger partial charge in [-0.3, -0.25) is 9.59 Å². The molecule has 2 saturated heterocycles. The Morgan fingerprint density at radius 3 is 3.08 bits per heavy atom. The fourth-order valence-electron chi connectivity index (χ4n) is 3.39. The summed E-state index contributed by atoms with van der Waals surface area (Å²) >= 11 is 1.68. The standard InChI is InChI=1S/C17H18N4O3S/c1-10-18-15(20-24-10)11-4-3-5-12(8-11)19-16(23)13-9-25-17(2)7-6-14(22)21(13)17/h3-5,8,13H,6-7,9H2,1-2H3,(H,19,23)/t13-,17+/m1/s1. The number of fused-ring (bicyclic) bond motifs is 1. The second-order valence-corrected chi connectivity index (χ2v) is 7.97. The molecule has 2 fully saturated rings. The first-order valence-electron chi connectivity index (χ1n) is 8.14. The van der Waals surface area contributed by atoms with Gasteiger partial charge in [-0.1, -0.05) is 17.3 Å². The summed E-state index contributed by atoms with van der Waals surface area (Å²) in [4.78, 5) is 30.6. The first-order valence-corrected chi connectivity index (χ1v) is 9.12. The van der Waals surface area contributed by atoms with Crippen molar-refractivity contribution in [2.45, 2.75) is 37.6 Å². The Kier molecular flexibility index (Phi) is 3.79. The van der Waals surface area contributed by atoms with Crippen LogP contribution in [-0.4, -0.2) is 43.5 Å². The normalized spacial score (nSPS) is 25.3. The first-order chi connectivity index (χ1) is 12.0. The number of aromatic nitrogens is 2. The summed E-state index contributed by atoms with van der Waals surface area (Å²) in [5, 5.41) is 6.81. The lowest BCUT2D eigenvalue weighted by Gasteiger charge is -2.29. The Morgan fingerprint density at radius 1 is 1.48 bits per heavy atom. The molecule has 130 valence electrons. The predicted molar refractivity (Wildman–Crippen MR) is 93.8 cm³/mol. The van der Waals surface area contributed by atoms with E-state index in [0.717, 1.165) is 12.0 Å².